The molecule has 0 aliphatic heterocycles. The van der Waals surface area contributed by atoms with Gasteiger partial charge in [0.05, 0.1) is 5.92 Å². The summed E-state index contributed by atoms with van der Waals surface area (Å²) in [4.78, 5) is 11.7. The van der Waals surface area contributed by atoms with Crippen molar-refractivity contribution in [2.75, 3.05) is 0 Å². The van der Waals surface area contributed by atoms with Gasteiger partial charge < -0.3 is 10.2 Å². The molecule has 114 valence electrons. The second kappa shape index (κ2) is 6.22. The Hall–Kier alpha value is -2.29. The Morgan fingerprint density at radius 3 is 2.55 bits per heavy atom. The molecule has 0 fully saturated rings. The first kappa shape index (κ1) is 14.6. The van der Waals surface area contributed by atoms with E-state index in [0.29, 0.717) is 6.42 Å². The fraction of sp³-hybridized carbons (Fsp3) is 0.316. The predicted octanol–water partition coefficient (Wildman–Crippen LogP) is 3.68. The highest BCUT2D eigenvalue weighted by atomic mass is 16.4. The van der Waals surface area contributed by atoms with E-state index in [1.54, 1.807) is 18.2 Å². The summed E-state index contributed by atoms with van der Waals surface area (Å²) in [6.45, 7) is 0. The van der Waals surface area contributed by atoms with E-state index in [2.05, 4.69) is 12.1 Å². The summed E-state index contributed by atoms with van der Waals surface area (Å²) in [5.74, 6) is -1.22. The van der Waals surface area contributed by atoms with Crippen LogP contribution in [0.1, 0.15) is 41.0 Å². The van der Waals surface area contributed by atoms with Gasteiger partial charge in [0, 0.05) is 0 Å². The lowest BCUT2D eigenvalue weighted by molar-refractivity contribution is -0.138. The Labute approximate surface area is 130 Å². The van der Waals surface area contributed by atoms with Crippen LogP contribution in [0.15, 0.2) is 42.5 Å². The number of hydrogen-bond acceptors (Lipinski definition) is 2. The van der Waals surface area contributed by atoms with Crippen LogP contribution in [0.2, 0.25) is 0 Å². The summed E-state index contributed by atoms with van der Waals surface area (Å²) >= 11 is 0. The van der Waals surface area contributed by atoms with Gasteiger partial charge in [-0.3, -0.25) is 4.79 Å². The quantitative estimate of drug-likeness (QED) is 0.905. The number of rotatable bonds is 4. The maximum atomic E-state index is 11.7. The number of carboxylic acid groups (broad SMARTS) is 1. The van der Waals surface area contributed by atoms with Gasteiger partial charge in [-0.05, 0) is 66.5 Å². The first-order valence-corrected chi connectivity index (χ1v) is 7.76. The molecule has 3 nitrogen and oxygen atoms in total. The number of benzene rings is 2. The number of aryl methyl sites for hydroxylation is 2. The number of aliphatic carboxylic acids is 1. The molecule has 0 spiro atoms. The fourth-order valence-corrected chi connectivity index (χ4v) is 3.24. The van der Waals surface area contributed by atoms with Crippen LogP contribution in [0.4, 0.5) is 0 Å². The molecule has 0 bridgehead atoms. The van der Waals surface area contributed by atoms with Crippen LogP contribution >= 0.6 is 0 Å². The molecule has 3 rings (SSSR count). The molecule has 1 aliphatic carbocycles. The number of aromatic hydroxyl groups is 1. The van der Waals surface area contributed by atoms with Gasteiger partial charge in [-0.15, -0.1) is 0 Å². The Kier molecular flexibility index (Phi) is 4.14. The standard InChI is InChI=1S/C19H20O3/c20-17-7-3-4-13(10-17)11-18(19(21)22)16-9-8-14-5-1-2-6-15(14)12-16/h3-4,7-10,12,18,20H,1-2,5-6,11H2,(H,21,22). The van der Waals surface area contributed by atoms with Crippen molar-refractivity contribution in [1.82, 2.24) is 0 Å². The van der Waals surface area contributed by atoms with Crippen molar-refractivity contribution in [2.45, 2.75) is 38.0 Å². The van der Waals surface area contributed by atoms with Crippen LogP contribution in [-0.4, -0.2) is 16.2 Å². The van der Waals surface area contributed by atoms with Gasteiger partial charge in [0.2, 0.25) is 0 Å². The Bertz CT molecular complexity index is 691. The SMILES string of the molecule is O=C(O)C(Cc1cccc(O)c1)c1ccc2c(c1)CCCC2. The van der Waals surface area contributed by atoms with Gasteiger partial charge in [0.15, 0.2) is 0 Å². The highest BCUT2D eigenvalue weighted by molar-refractivity contribution is 5.76. The molecule has 22 heavy (non-hydrogen) atoms. The molecular weight excluding hydrogens is 276 g/mol. The zero-order valence-electron chi connectivity index (χ0n) is 12.5. The van der Waals surface area contributed by atoms with E-state index in [1.807, 2.05) is 12.1 Å². The summed E-state index contributed by atoms with van der Waals surface area (Å²) < 4.78 is 0. The van der Waals surface area contributed by atoms with Crippen LogP contribution < -0.4 is 0 Å². The van der Waals surface area contributed by atoms with E-state index < -0.39 is 11.9 Å². The van der Waals surface area contributed by atoms with E-state index in [9.17, 15) is 15.0 Å². The largest absolute Gasteiger partial charge is 0.508 e. The molecule has 1 unspecified atom stereocenters. The van der Waals surface area contributed by atoms with Crippen molar-refractivity contribution in [3.05, 3.63) is 64.7 Å². The normalized spacial score (nSPS) is 15.1. The minimum Gasteiger partial charge on any atom is -0.508 e. The smallest absolute Gasteiger partial charge is 0.311 e. The number of hydrogen-bond donors (Lipinski definition) is 2. The highest BCUT2D eigenvalue weighted by Gasteiger charge is 2.22. The second-order valence-corrected chi connectivity index (χ2v) is 6.00. The molecule has 0 saturated carbocycles. The van der Waals surface area contributed by atoms with Gasteiger partial charge in [-0.2, -0.15) is 0 Å². The zero-order chi connectivity index (χ0) is 15.5. The van der Waals surface area contributed by atoms with E-state index in [1.165, 1.54) is 24.0 Å². The van der Waals surface area contributed by atoms with Crippen molar-refractivity contribution < 1.29 is 15.0 Å². The van der Waals surface area contributed by atoms with Gasteiger partial charge in [0.1, 0.15) is 5.75 Å². The molecule has 3 heteroatoms. The van der Waals surface area contributed by atoms with Gasteiger partial charge in [-0.25, -0.2) is 0 Å². The summed E-state index contributed by atoms with van der Waals surface area (Å²) in [7, 11) is 0. The van der Waals surface area contributed by atoms with Crippen molar-refractivity contribution >= 4 is 5.97 Å². The van der Waals surface area contributed by atoms with E-state index in [4.69, 9.17) is 0 Å². The predicted molar refractivity (Wildman–Crippen MR) is 85.3 cm³/mol. The van der Waals surface area contributed by atoms with E-state index in [-0.39, 0.29) is 5.75 Å². The Morgan fingerprint density at radius 1 is 1.05 bits per heavy atom. The number of phenolic OH excluding ortho intramolecular Hbond substituents is 1. The van der Waals surface area contributed by atoms with E-state index >= 15 is 0 Å². The average Bonchev–Trinajstić information content (AvgIpc) is 2.52. The van der Waals surface area contributed by atoms with Crippen molar-refractivity contribution in [1.29, 1.82) is 0 Å². The van der Waals surface area contributed by atoms with Gasteiger partial charge in [-0.1, -0.05) is 30.3 Å². The number of phenols is 1. The molecule has 1 aliphatic rings. The maximum Gasteiger partial charge on any atom is 0.311 e. The third-order valence-corrected chi connectivity index (χ3v) is 4.42. The number of carboxylic acids is 1. The minimum absolute atomic E-state index is 0.173. The maximum absolute atomic E-state index is 11.7. The van der Waals surface area contributed by atoms with Crippen LogP contribution in [-0.2, 0) is 24.1 Å². The van der Waals surface area contributed by atoms with Crippen LogP contribution in [0, 0.1) is 0 Å². The molecule has 2 aromatic carbocycles. The number of carbonyl (C=O) groups is 1. The van der Waals surface area contributed by atoms with E-state index in [0.717, 1.165) is 24.0 Å². The second-order valence-electron chi connectivity index (χ2n) is 6.00. The van der Waals surface area contributed by atoms with Gasteiger partial charge >= 0.3 is 5.97 Å². The minimum atomic E-state index is -0.820. The van der Waals surface area contributed by atoms with Crippen LogP contribution in [0.3, 0.4) is 0 Å². The molecule has 0 amide bonds. The lowest BCUT2D eigenvalue weighted by Crippen LogP contribution is -2.15. The first-order chi connectivity index (χ1) is 10.6. The number of fused-ring (bicyclic) bond motifs is 1. The Balaban J connectivity index is 1.89. The third-order valence-electron chi connectivity index (χ3n) is 4.42. The molecule has 0 saturated heterocycles. The summed E-state index contributed by atoms with van der Waals surface area (Å²) in [6.07, 6.45) is 4.93. The first-order valence-electron chi connectivity index (χ1n) is 7.76. The molecule has 0 heterocycles. The highest BCUT2D eigenvalue weighted by Crippen LogP contribution is 2.28. The zero-order valence-corrected chi connectivity index (χ0v) is 12.5. The third kappa shape index (κ3) is 3.14. The van der Waals surface area contributed by atoms with Crippen molar-refractivity contribution in [2.24, 2.45) is 0 Å². The molecule has 2 aromatic rings. The molecule has 0 radical (unpaired) electrons. The van der Waals surface area contributed by atoms with Crippen molar-refractivity contribution in [3.8, 4) is 5.75 Å². The van der Waals surface area contributed by atoms with Gasteiger partial charge in [0.25, 0.3) is 0 Å². The fourth-order valence-electron chi connectivity index (χ4n) is 3.24. The summed E-state index contributed by atoms with van der Waals surface area (Å²) in [6, 6.07) is 12.9. The summed E-state index contributed by atoms with van der Waals surface area (Å²) in [5.41, 5.74) is 4.35. The molecular formula is C19H20O3. The lowest BCUT2D eigenvalue weighted by atomic mass is 9.85. The topological polar surface area (TPSA) is 57.5 Å². The van der Waals surface area contributed by atoms with Crippen molar-refractivity contribution in [3.63, 3.8) is 0 Å². The molecule has 1 atom stereocenters. The van der Waals surface area contributed by atoms with Crippen LogP contribution in [0.5, 0.6) is 5.75 Å². The molecule has 2 N–H and O–H groups in total. The average molecular weight is 296 g/mol. The monoisotopic (exact) mass is 296 g/mol. The van der Waals surface area contributed by atoms with Crippen LogP contribution in [0.25, 0.3) is 0 Å². The Morgan fingerprint density at radius 2 is 1.82 bits per heavy atom. The lowest BCUT2D eigenvalue weighted by Gasteiger charge is -2.19. The summed E-state index contributed by atoms with van der Waals surface area (Å²) in [5, 5.41) is 19.1. The molecule has 0 aromatic heterocycles.